The molecule has 1 heterocycles. The van der Waals surface area contributed by atoms with Gasteiger partial charge in [-0.3, -0.25) is 14.1 Å². The summed E-state index contributed by atoms with van der Waals surface area (Å²) in [5.41, 5.74) is 0. The van der Waals surface area contributed by atoms with Gasteiger partial charge in [0.15, 0.2) is 12.4 Å². The Morgan fingerprint density at radius 2 is 1.09 bits per heavy atom. The summed E-state index contributed by atoms with van der Waals surface area (Å²) in [4.78, 5) is 25.4. The molecule has 1 aliphatic heterocycles. The fourth-order valence-corrected chi connectivity index (χ4v) is 6.88. The molecule has 6 atom stereocenters. The molecule has 0 aromatic rings. The standard InChI is InChI=1S/C45H76O12S/c1-3-5-7-9-11-13-15-17-19-21-23-25-27-29-31-33-40(46)54-35-38(36-55-45-44(50)43(49)42(48)39(57-45)37-58(51,52)53)56-41(47)34-32-30-28-26-24-22-20-18-16-14-12-10-8-6-4-2/h5,7,11-14,17-20,38-39,42-45,48-50H,3-4,6,8-10,15-16,21-37H2,1-2H3,(H,51,52,53). The molecule has 1 fully saturated rings. The molecule has 0 bridgehead atoms. The first kappa shape index (κ1) is 53.4. The summed E-state index contributed by atoms with van der Waals surface area (Å²) in [5, 5.41) is 30.8. The highest BCUT2D eigenvalue weighted by Crippen LogP contribution is 2.24. The molecule has 0 aliphatic carbocycles. The highest BCUT2D eigenvalue weighted by atomic mass is 32.2. The Kier molecular flexibility index (Phi) is 32.3. The minimum absolute atomic E-state index is 0.141. The van der Waals surface area contributed by atoms with E-state index in [4.69, 9.17) is 18.9 Å². The second-order valence-electron chi connectivity index (χ2n) is 15.0. The smallest absolute Gasteiger partial charge is 0.306 e. The molecule has 0 aromatic carbocycles. The molecule has 58 heavy (non-hydrogen) atoms. The Bertz CT molecular complexity index is 1310. The minimum Gasteiger partial charge on any atom is -0.462 e. The van der Waals surface area contributed by atoms with Crippen LogP contribution < -0.4 is 0 Å². The lowest BCUT2D eigenvalue weighted by atomic mass is 10.00. The lowest BCUT2D eigenvalue weighted by Crippen LogP contribution is -2.60. The Balaban J connectivity index is 2.49. The van der Waals surface area contributed by atoms with Crippen LogP contribution in [0.2, 0.25) is 0 Å². The number of hydrogen-bond acceptors (Lipinski definition) is 11. The summed E-state index contributed by atoms with van der Waals surface area (Å²) >= 11 is 0. The number of hydrogen-bond donors (Lipinski definition) is 4. The predicted octanol–water partition coefficient (Wildman–Crippen LogP) is 8.56. The number of allylic oxidation sites excluding steroid dienone is 10. The molecule has 334 valence electrons. The van der Waals surface area contributed by atoms with E-state index in [9.17, 15) is 37.9 Å². The maximum Gasteiger partial charge on any atom is 0.306 e. The van der Waals surface area contributed by atoms with Crippen LogP contribution in [0.1, 0.15) is 155 Å². The SMILES string of the molecule is CCC=CCC=CCC=CCCCCCCCC(=O)OCC(COC1OC(CS(=O)(=O)O)C(O)C(O)C1O)OC(=O)CCCCCCCC=CCC=CCCCCC. The lowest BCUT2D eigenvalue weighted by Gasteiger charge is -2.40. The number of carbonyl (C=O) groups is 2. The Morgan fingerprint density at radius 1 is 0.603 bits per heavy atom. The summed E-state index contributed by atoms with van der Waals surface area (Å²) < 4.78 is 54.0. The molecular formula is C45H76O12S. The van der Waals surface area contributed by atoms with Gasteiger partial charge in [-0.25, -0.2) is 0 Å². The van der Waals surface area contributed by atoms with E-state index in [1.807, 2.05) is 0 Å². The van der Waals surface area contributed by atoms with Gasteiger partial charge in [0.2, 0.25) is 0 Å². The van der Waals surface area contributed by atoms with Crippen molar-refractivity contribution in [1.82, 2.24) is 0 Å². The van der Waals surface area contributed by atoms with Gasteiger partial charge in [-0.15, -0.1) is 0 Å². The van der Waals surface area contributed by atoms with Crippen LogP contribution in [0.15, 0.2) is 60.8 Å². The number of esters is 2. The van der Waals surface area contributed by atoms with E-state index >= 15 is 0 Å². The van der Waals surface area contributed by atoms with Gasteiger partial charge >= 0.3 is 11.9 Å². The zero-order valence-electron chi connectivity index (χ0n) is 35.4. The monoisotopic (exact) mass is 841 g/mol. The number of ether oxygens (including phenoxy) is 4. The number of aliphatic hydroxyl groups excluding tert-OH is 3. The first-order valence-electron chi connectivity index (χ1n) is 21.8. The third kappa shape index (κ3) is 29.5. The van der Waals surface area contributed by atoms with E-state index < -0.39 is 71.2 Å². The second-order valence-corrected chi connectivity index (χ2v) is 16.5. The maximum atomic E-state index is 12.8. The van der Waals surface area contributed by atoms with E-state index in [1.54, 1.807) is 0 Å². The molecule has 0 amide bonds. The van der Waals surface area contributed by atoms with Gasteiger partial charge in [-0.1, -0.05) is 126 Å². The third-order valence-electron chi connectivity index (χ3n) is 9.58. The molecule has 1 rings (SSSR count). The first-order valence-corrected chi connectivity index (χ1v) is 23.5. The fraction of sp³-hybridized carbons (Fsp3) is 0.733. The zero-order chi connectivity index (χ0) is 42.7. The Morgan fingerprint density at radius 3 is 1.62 bits per heavy atom. The molecular weight excluding hydrogens is 765 g/mol. The minimum atomic E-state index is -4.61. The summed E-state index contributed by atoms with van der Waals surface area (Å²) in [6, 6.07) is 0. The number of rotatable bonds is 35. The van der Waals surface area contributed by atoms with Gasteiger partial charge < -0.3 is 34.3 Å². The van der Waals surface area contributed by atoms with Gasteiger partial charge in [-0.2, -0.15) is 8.42 Å². The van der Waals surface area contributed by atoms with Crippen molar-refractivity contribution in [2.75, 3.05) is 19.0 Å². The molecule has 0 saturated carbocycles. The van der Waals surface area contributed by atoms with E-state index in [0.717, 1.165) is 96.3 Å². The van der Waals surface area contributed by atoms with Crippen molar-refractivity contribution >= 4 is 22.1 Å². The van der Waals surface area contributed by atoms with Gasteiger partial charge in [0.1, 0.15) is 36.8 Å². The molecule has 1 aliphatic rings. The Labute approximate surface area is 349 Å². The zero-order valence-corrected chi connectivity index (χ0v) is 36.2. The van der Waals surface area contributed by atoms with Crippen LogP contribution in [0.25, 0.3) is 0 Å². The van der Waals surface area contributed by atoms with E-state index in [-0.39, 0.29) is 19.4 Å². The molecule has 13 heteroatoms. The van der Waals surface area contributed by atoms with Crippen LogP contribution in [-0.4, -0.2) is 96.0 Å². The lowest BCUT2D eigenvalue weighted by molar-refractivity contribution is -0.297. The highest BCUT2D eigenvalue weighted by molar-refractivity contribution is 7.85. The maximum absolute atomic E-state index is 12.8. The molecule has 12 nitrogen and oxygen atoms in total. The summed E-state index contributed by atoms with van der Waals surface area (Å²) in [6.07, 6.45) is 32.6. The molecule has 6 unspecified atom stereocenters. The van der Waals surface area contributed by atoms with Crippen molar-refractivity contribution in [3.05, 3.63) is 60.8 Å². The first-order chi connectivity index (χ1) is 28.0. The van der Waals surface area contributed by atoms with Crippen LogP contribution in [0, 0.1) is 0 Å². The average Bonchev–Trinajstić information content (AvgIpc) is 3.18. The number of aliphatic hydroxyl groups is 3. The van der Waals surface area contributed by atoms with Gasteiger partial charge in [0, 0.05) is 12.8 Å². The van der Waals surface area contributed by atoms with E-state index in [0.29, 0.717) is 12.8 Å². The highest BCUT2D eigenvalue weighted by Gasteiger charge is 2.46. The fourth-order valence-electron chi connectivity index (χ4n) is 6.19. The van der Waals surface area contributed by atoms with E-state index in [1.165, 1.54) is 19.3 Å². The van der Waals surface area contributed by atoms with Crippen LogP contribution in [-0.2, 0) is 38.7 Å². The largest absolute Gasteiger partial charge is 0.462 e. The van der Waals surface area contributed by atoms with Crippen LogP contribution in [0.4, 0.5) is 0 Å². The van der Waals surface area contributed by atoms with Crippen molar-refractivity contribution in [2.45, 2.75) is 192 Å². The quantitative estimate of drug-likeness (QED) is 0.0207. The summed E-state index contributed by atoms with van der Waals surface area (Å²) in [7, 11) is -4.61. The van der Waals surface area contributed by atoms with Crippen LogP contribution in [0.5, 0.6) is 0 Å². The molecule has 0 spiro atoms. The molecule has 1 saturated heterocycles. The Hall–Kier alpha value is -2.65. The summed E-state index contributed by atoms with van der Waals surface area (Å²) in [6.45, 7) is 3.58. The van der Waals surface area contributed by atoms with Crippen molar-refractivity contribution in [3.8, 4) is 0 Å². The molecule has 0 radical (unpaired) electrons. The van der Waals surface area contributed by atoms with Gasteiger partial charge in [0.25, 0.3) is 10.1 Å². The van der Waals surface area contributed by atoms with Crippen molar-refractivity contribution in [3.63, 3.8) is 0 Å². The van der Waals surface area contributed by atoms with Gasteiger partial charge in [-0.05, 0) is 77.0 Å². The summed E-state index contributed by atoms with van der Waals surface area (Å²) in [5.74, 6) is -2.03. The number of carbonyl (C=O) groups excluding carboxylic acids is 2. The van der Waals surface area contributed by atoms with Crippen molar-refractivity contribution in [2.24, 2.45) is 0 Å². The molecule has 0 aromatic heterocycles. The second kappa shape index (κ2) is 35.1. The van der Waals surface area contributed by atoms with Gasteiger partial charge in [0.05, 0.1) is 6.61 Å². The predicted molar refractivity (Wildman–Crippen MR) is 229 cm³/mol. The number of unbranched alkanes of at least 4 members (excludes halogenated alkanes) is 13. The van der Waals surface area contributed by atoms with E-state index in [2.05, 4.69) is 74.6 Å². The van der Waals surface area contributed by atoms with Crippen LogP contribution >= 0.6 is 0 Å². The average molecular weight is 841 g/mol. The normalized spacial score (nSPS) is 21.0. The third-order valence-corrected chi connectivity index (χ3v) is 10.3. The molecule has 4 N–H and O–H groups in total. The van der Waals surface area contributed by atoms with Crippen molar-refractivity contribution < 1.29 is 56.8 Å². The topological polar surface area (TPSA) is 186 Å². The van der Waals surface area contributed by atoms with Crippen LogP contribution in [0.3, 0.4) is 0 Å². The van der Waals surface area contributed by atoms with Crippen molar-refractivity contribution in [1.29, 1.82) is 0 Å².